The van der Waals surface area contributed by atoms with Gasteiger partial charge in [-0.05, 0) is 25.7 Å². The van der Waals surface area contributed by atoms with Gasteiger partial charge in [0.15, 0.2) is 0 Å². The van der Waals surface area contributed by atoms with Gasteiger partial charge in [0.25, 0.3) is 0 Å². The third-order valence-corrected chi connectivity index (χ3v) is 2.92. The number of hydrogen-bond acceptors (Lipinski definition) is 2. The summed E-state index contributed by atoms with van der Waals surface area (Å²) >= 11 is 0. The lowest BCUT2D eigenvalue weighted by Gasteiger charge is -2.28. The third-order valence-electron chi connectivity index (χ3n) is 2.92. The third kappa shape index (κ3) is 4.39. The molecule has 102 valence electrons. The molecule has 1 atom stereocenters. The molecule has 0 aromatic heterocycles. The molecule has 2 N–H and O–H groups in total. The lowest BCUT2D eigenvalue weighted by atomic mass is 10.0. The molecular formula is C13H22N2O3. The molecule has 0 radical (unpaired) electrons. The highest BCUT2D eigenvalue weighted by Crippen LogP contribution is 2.10. The van der Waals surface area contributed by atoms with Crippen LogP contribution >= 0.6 is 0 Å². The normalized spacial score (nSPS) is 17.3. The van der Waals surface area contributed by atoms with Crippen molar-refractivity contribution in [2.24, 2.45) is 5.92 Å². The summed E-state index contributed by atoms with van der Waals surface area (Å²) in [4.78, 5) is 24.7. The standard InChI is InChI=1S/C13H22N2O3/c1-9(2)7-11(12(16)17)14-13(18)15-6-4-5-10(3)8-15/h5,9,11H,4,6-8H2,1-3H3,(H,14,18)(H,16,17). The van der Waals surface area contributed by atoms with Crippen LogP contribution < -0.4 is 5.32 Å². The molecule has 0 aromatic carbocycles. The van der Waals surface area contributed by atoms with Gasteiger partial charge in [-0.15, -0.1) is 0 Å². The van der Waals surface area contributed by atoms with Crippen molar-refractivity contribution in [2.75, 3.05) is 13.1 Å². The molecule has 18 heavy (non-hydrogen) atoms. The molecular weight excluding hydrogens is 232 g/mol. The summed E-state index contributed by atoms with van der Waals surface area (Å²) in [6.07, 6.45) is 3.39. The fourth-order valence-electron chi connectivity index (χ4n) is 2.02. The molecule has 0 bridgehead atoms. The zero-order chi connectivity index (χ0) is 13.7. The molecule has 0 aromatic rings. The van der Waals surface area contributed by atoms with E-state index in [2.05, 4.69) is 11.4 Å². The Bertz CT molecular complexity index is 350. The Hall–Kier alpha value is -1.52. The van der Waals surface area contributed by atoms with E-state index in [4.69, 9.17) is 5.11 Å². The Balaban J connectivity index is 2.56. The molecule has 1 rings (SSSR count). The number of amides is 2. The number of carbonyl (C=O) groups excluding carboxylic acids is 1. The number of nitrogens with one attached hydrogen (secondary N) is 1. The maximum atomic E-state index is 12.0. The molecule has 0 spiro atoms. The number of hydrogen-bond donors (Lipinski definition) is 2. The van der Waals surface area contributed by atoms with Gasteiger partial charge in [0.1, 0.15) is 6.04 Å². The van der Waals surface area contributed by atoms with Crippen molar-refractivity contribution >= 4 is 12.0 Å². The smallest absolute Gasteiger partial charge is 0.326 e. The van der Waals surface area contributed by atoms with Crippen molar-refractivity contribution in [1.82, 2.24) is 10.2 Å². The number of rotatable bonds is 4. The largest absolute Gasteiger partial charge is 0.480 e. The second kappa shape index (κ2) is 6.42. The van der Waals surface area contributed by atoms with Crippen LogP contribution in [0.15, 0.2) is 11.6 Å². The summed E-state index contributed by atoms with van der Waals surface area (Å²) in [6, 6.07) is -1.08. The van der Waals surface area contributed by atoms with Gasteiger partial charge in [0.05, 0.1) is 0 Å². The van der Waals surface area contributed by atoms with Gasteiger partial charge in [-0.25, -0.2) is 9.59 Å². The van der Waals surface area contributed by atoms with Crippen molar-refractivity contribution in [3.63, 3.8) is 0 Å². The van der Waals surface area contributed by atoms with E-state index < -0.39 is 12.0 Å². The highest BCUT2D eigenvalue weighted by atomic mass is 16.4. The monoisotopic (exact) mass is 254 g/mol. The molecule has 1 unspecified atom stereocenters. The van der Waals surface area contributed by atoms with Gasteiger partial charge in [-0.1, -0.05) is 25.5 Å². The van der Waals surface area contributed by atoms with E-state index in [1.807, 2.05) is 20.8 Å². The Morgan fingerprint density at radius 2 is 2.17 bits per heavy atom. The van der Waals surface area contributed by atoms with E-state index >= 15 is 0 Å². The lowest BCUT2D eigenvalue weighted by molar-refractivity contribution is -0.139. The highest BCUT2D eigenvalue weighted by Gasteiger charge is 2.24. The molecule has 0 aliphatic carbocycles. The van der Waals surface area contributed by atoms with Crippen LogP contribution in [0.3, 0.4) is 0 Å². The van der Waals surface area contributed by atoms with Crippen LogP contribution in [-0.4, -0.2) is 41.1 Å². The quantitative estimate of drug-likeness (QED) is 0.752. The number of nitrogens with zero attached hydrogens (tertiary/aromatic N) is 1. The van der Waals surface area contributed by atoms with Gasteiger partial charge >= 0.3 is 12.0 Å². The molecule has 0 fully saturated rings. The molecule has 1 heterocycles. The SMILES string of the molecule is CC1=CCCN(C(=O)NC(CC(C)C)C(=O)O)C1. The van der Waals surface area contributed by atoms with Crippen LogP contribution in [0, 0.1) is 5.92 Å². The average Bonchev–Trinajstić information content (AvgIpc) is 2.27. The van der Waals surface area contributed by atoms with Crippen LogP contribution in [0.25, 0.3) is 0 Å². The first-order chi connectivity index (χ1) is 8.40. The van der Waals surface area contributed by atoms with E-state index in [9.17, 15) is 9.59 Å². The second-order valence-corrected chi connectivity index (χ2v) is 5.23. The molecule has 1 aliphatic rings. The number of aliphatic carboxylic acids is 1. The summed E-state index contributed by atoms with van der Waals surface area (Å²) in [7, 11) is 0. The van der Waals surface area contributed by atoms with E-state index in [-0.39, 0.29) is 11.9 Å². The summed E-state index contributed by atoms with van der Waals surface area (Å²) in [5.41, 5.74) is 1.15. The summed E-state index contributed by atoms with van der Waals surface area (Å²) in [6.45, 7) is 7.09. The first kappa shape index (κ1) is 14.5. The number of carboxylic acid groups (broad SMARTS) is 1. The van der Waals surface area contributed by atoms with Gasteiger partial charge < -0.3 is 15.3 Å². The average molecular weight is 254 g/mol. The van der Waals surface area contributed by atoms with Crippen molar-refractivity contribution in [1.29, 1.82) is 0 Å². The zero-order valence-corrected chi connectivity index (χ0v) is 11.3. The number of carboxylic acids is 1. The molecule has 0 saturated heterocycles. The van der Waals surface area contributed by atoms with Crippen molar-refractivity contribution in [3.8, 4) is 0 Å². The zero-order valence-electron chi connectivity index (χ0n) is 11.3. The van der Waals surface area contributed by atoms with Gasteiger partial charge in [-0.2, -0.15) is 0 Å². The first-order valence-electron chi connectivity index (χ1n) is 6.34. The first-order valence-corrected chi connectivity index (χ1v) is 6.34. The maximum Gasteiger partial charge on any atom is 0.326 e. The predicted molar refractivity (Wildman–Crippen MR) is 69.4 cm³/mol. The topological polar surface area (TPSA) is 69.6 Å². The van der Waals surface area contributed by atoms with E-state index in [1.165, 1.54) is 0 Å². The highest BCUT2D eigenvalue weighted by molar-refractivity contribution is 5.82. The van der Waals surface area contributed by atoms with Gasteiger partial charge in [0.2, 0.25) is 0 Å². The Labute approximate surface area is 108 Å². The maximum absolute atomic E-state index is 12.0. The second-order valence-electron chi connectivity index (χ2n) is 5.23. The van der Waals surface area contributed by atoms with E-state index in [0.717, 1.165) is 12.0 Å². The summed E-state index contributed by atoms with van der Waals surface area (Å²) in [5, 5.41) is 11.7. The Morgan fingerprint density at radius 1 is 1.50 bits per heavy atom. The van der Waals surface area contributed by atoms with Crippen molar-refractivity contribution < 1.29 is 14.7 Å². The van der Waals surface area contributed by atoms with Gasteiger partial charge in [0, 0.05) is 13.1 Å². The molecule has 5 heteroatoms. The van der Waals surface area contributed by atoms with Crippen molar-refractivity contribution in [2.45, 2.75) is 39.7 Å². The molecule has 1 aliphatic heterocycles. The van der Waals surface area contributed by atoms with Crippen LogP contribution in [0.5, 0.6) is 0 Å². The van der Waals surface area contributed by atoms with E-state index in [1.54, 1.807) is 4.90 Å². The van der Waals surface area contributed by atoms with Crippen molar-refractivity contribution in [3.05, 3.63) is 11.6 Å². The molecule has 0 saturated carbocycles. The Morgan fingerprint density at radius 3 is 2.67 bits per heavy atom. The Kier molecular flexibility index (Phi) is 5.19. The minimum Gasteiger partial charge on any atom is -0.480 e. The fraction of sp³-hybridized carbons (Fsp3) is 0.692. The minimum absolute atomic E-state index is 0.231. The minimum atomic E-state index is -0.971. The number of urea groups is 1. The number of carbonyl (C=O) groups is 2. The lowest BCUT2D eigenvalue weighted by Crippen LogP contribution is -2.49. The molecule has 2 amide bonds. The summed E-state index contributed by atoms with van der Waals surface area (Å²) < 4.78 is 0. The summed E-state index contributed by atoms with van der Waals surface area (Å²) in [5.74, 6) is -0.740. The van der Waals surface area contributed by atoms with E-state index in [0.29, 0.717) is 19.5 Å². The van der Waals surface area contributed by atoms with Crippen LogP contribution in [-0.2, 0) is 4.79 Å². The van der Waals surface area contributed by atoms with Crippen LogP contribution in [0.1, 0.15) is 33.6 Å². The predicted octanol–water partition coefficient (Wildman–Crippen LogP) is 1.85. The van der Waals surface area contributed by atoms with Gasteiger partial charge in [-0.3, -0.25) is 0 Å². The van der Waals surface area contributed by atoms with Crippen LogP contribution in [0.2, 0.25) is 0 Å². The fourth-order valence-corrected chi connectivity index (χ4v) is 2.02. The van der Waals surface area contributed by atoms with Crippen LogP contribution in [0.4, 0.5) is 4.79 Å². The molecule has 5 nitrogen and oxygen atoms in total.